The molecule has 2 rings (SSSR count). The molecule has 0 aromatic carbocycles. The maximum absolute atomic E-state index is 12.4. The van der Waals surface area contributed by atoms with Crippen LogP contribution in [0.1, 0.15) is 5.56 Å². The van der Waals surface area contributed by atoms with Gasteiger partial charge < -0.3 is 5.32 Å². The van der Waals surface area contributed by atoms with Crippen LogP contribution in [0.15, 0.2) is 34.2 Å². The number of fused-ring (bicyclic) bond motifs is 1. The standard InChI is InChI=1S/C15H12N4O/c1-3-8-16-11-12-14(17-9-4-2)18-13-7-5-6-10-19(13)15(12)20/h1-2,5-7,10-11,17H,8-9H2/b16-11+. The number of terminal acetylenes is 2. The maximum atomic E-state index is 12.4. The molecular weight excluding hydrogens is 252 g/mol. The summed E-state index contributed by atoms with van der Waals surface area (Å²) in [5, 5.41) is 2.92. The molecule has 5 heteroatoms. The first kappa shape index (κ1) is 13.4. The van der Waals surface area contributed by atoms with Crippen molar-refractivity contribution in [3.63, 3.8) is 0 Å². The molecule has 20 heavy (non-hydrogen) atoms. The quantitative estimate of drug-likeness (QED) is 0.656. The predicted molar refractivity (Wildman–Crippen MR) is 80.1 cm³/mol. The molecule has 2 aromatic rings. The fourth-order valence-corrected chi connectivity index (χ4v) is 1.68. The molecule has 0 fully saturated rings. The Bertz CT molecular complexity index is 790. The molecule has 0 aliphatic carbocycles. The first-order valence-corrected chi connectivity index (χ1v) is 5.90. The maximum Gasteiger partial charge on any atom is 0.268 e. The van der Waals surface area contributed by atoms with Gasteiger partial charge in [0.25, 0.3) is 5.56 Å². The van der Waals surface area contributed by atoms with Crippen molar-refractivity contribution < 1.29 is 0 Å². The van der Waals surface area contributed by atoms with Crippen molar-refractivity contribution in [2.45, 2.75) is 0 Å². The Morgan fingerprint density at radius 3 is 3.00 bits per heavy atom. The molecule has 2 heterocycles. The summed E-state index contributed by atoms with van der Waals surface area (Å²) in [6, 6.07) is 5.30. The normalized spacial score (nSPS) is 10.3. The predicted octanol–water partition coefficient (Wildman–Crippen LogP) is 0.792. The van der Waals surface area contributed by atoms with E-state index in [0.717, 1.165) is 0 Å². The Hall–Kier alpha value is -3.05. The molecule has 0 bridgehead atoms. The zero-order chi connectivity index (χ0) is 14.4. The summed E-state index contributed by atoms with van der Waals surface area (Å²) in [5.41, 5.74) is 0.640. The first-order valence-electron chi connectivity index (χ1n) is 5.90. The van der Waals surface area contributed by atoms with Gasteiger partial charge >= 0.3 is 0 Å². The molecule has 0 aliphatic rings. The largest absolute Gasteiger partial charge is 0.358 e. The monoisotopic (exact) mass is 264 g/mol. The first-order chi connectivity index (χ1) is 9.77. The van der Waals surface area contributed by atoms with Crippen LogP contribution in [-0.2, 0) is 0 Å². The number of nitrogens with zero attached hydrogens (tertiary/aromatic N) is 3. The highest BCUT2D eigenvalue weighted by Crippen LogP contribution is 2.08. The lowest BCUT2D eigenvalue weighted by atomic mass is 10.3. The van der Waals surface area contributed by atoms with Gasteiger partial charge in [0, 0.05) is 12.4 Å². The van der Waals surface area contributed by atoms with Crippen LogP contribution in [0, 0.1) is 24.7 Å². The lowest BCUT2D eigenvalue weighted by Gasteiger charge is -2.08. The van der Waals surface area contributed by atoms with E-state index >= 15 is 0 Å². The van der Waals surface area contributed by atoms with E-state index in [1.54, 1.807) is 24.4 Å². The molecule has 0 unspecified atom stereocenters. The van der Waals surface area contributed by atoms with E-state index in [1.807, 2.05) is 0 Å². The Morgan fingerprint density at radius 1 is 1.40 bits per heavy atom. The highest BCUT2D eigenvalue weighted by Gasteiger charge is 2.09. The average molecular weight is 264 g/mol. The molecule has 1 N–H and O–H groups in total. The summed E-state index contributed by atoms with van der Waals surface area (Å²) < 4.78 is 1.44. The second-order valence-corrected chi connectivity index (χ2v) is 3.84. The lowest BCUT2D eigenvalue weighted by molar-refractivity contribution is 1.03. The molecule has 0 amide bonds. The van der Waals surface area contributed by atoms with Crippen LogP contribution in [0.4, 0.5) is 5.82 Å². The Morgan fingerprint density at radius 2 is 2.25 bits per heavy atom. The Kier molecular flexibility index (Phi) is 4.16. The van der Waals surface area contributed by atoms with E-state index in [4.69, 9.17) is 12.8 Å². The van der Waals surface area contributed by atoms with Crippen LogP contribution in [0.2, 0.25) is 0 Å². The summed E-state index contributed by atoms with van der Waals surface area (Å²) in [7, 11) is 0. The molecule has 98 valence electrons. The molecule has 0 aliphatic heterocycles. The van der Waals surface area contributed by atoms with E-state index in [-0.39, 0.29) is 18.6 Å². The Balaban J connectivity index is 2.61. The van der Waals surface area contributed by atoms with Crippen molar-refractivity contribution in [2.75, 3.05) is 18.4 Å². The van der Waals surface area contributed by atoms with Crippen LogP contribution >= 0.6 is 0 Å². The van der Waals surface area contributed by atoms with Gasteiger partial charge in [-0.25, -0.2) is 4.98 Å². The van der Waals surface area contributed by atoms with Gasteiger partial charge in [-0.2, -0.15) is 0 Å². The molecule has 0 radical (unpaired) electrons. The summed E-state index contributed by atoms with van der Waals surface area (Å²) in [4.78, 5) is 20.8. The van der Waals surface area contributed by atoms with E-state index < -0.39 is 0 Å². The molecular formula is C15H12N4O. The number of rotatable bonds is 4. The highest BCUT2D eigenvalue weighted by atomic mass is 16.1. The van der Waals surface area contributed by atoms with Gasteiger partial charge in [0.2, 0.25) is 0 Å². The second kappa shape index (κ2) is 6.21. The minimum Gasteiger partial charge on any atom is -0.358 e. The molecule has 5 nitrogen and oxygen atoms in total. The van der Waals surface area contributed by atoms with Crippen LogP contribution < -0.4 is 10.9 Å². The SMILES string of the molecule is C#CC/N=C/c1c(NCC#C)nc2ccccn2c1=O. The van der Waals surface area contributed by atoms with Gasteiger partial charge in [-0.3, -0.25) is 14.2 Å². The van der Waals surface area contributed by atoms with E-state index in [0.29, 0.717) is 17.0 Å². The van der Waals surface area contributed by atoms with Gasteiger partial charge in [-0.05, 0) is 12.1 Å². The zero-order valence-corrected chi connectivity index (χ0v) is 10.7. The molecule has 0 saturated heterocycles. The smallest absolute Gasteiger partial charge is 0.268 e. The van der Waals surface area contributed by atoms with Gasteiger partial charge in [-0.1, -0.05) is 17.9 Å². The van der Waals surface area contributed by atoms with Gasteiger partial charge in [-0.15, -0.1) is 12.8 Å². The number of pyridine rings is 1. The van der Waals surface area contributed by atoms with E-state index in [2.05, 4.69) is 27.1 Å². The van der Waals surface area contributed by atoms with Crippen LogP contribution in [0.5, 0.6) is 0 Å². The molecule has 0 saturated carbocycles. The number of anilines is 1. The highest BCUT2D eigenvalue weighted by molar-refractivity contribution is 5.86. The number of nitrogens with one attached hydrogen (secondary N) is 1. The Labute approximate surface area is 116 Å². The van der Waals surface area contributed by atoms with E-state index in [9.17, 15) is 4.79 Å². The average Bonchev–Trinajstić information content (AvgIpc) is 2.48. The third-order valence-corrected chi connectivity index (χ3v) is 2.53. The summed E-state index contributed by atoms with van der Waals surface area (Å²) in [6.07, 6.45) is 13.4. The third kappa shape index (κ3) is 2.68. The van der Waals surface area contributed by atoms with E-state index in [1.165, 1.54) is 10.6 Å². The number of aliphatic imine (C=N–C) groups is 1. The summed E-state index contributed by atoms with van der Waals surface area (Å²) in [6.45, 7) is 0.469. The number of hydrogen-bond acceptors (Lipinski definition) is 4. The number of aromatic nitrogens is 2. The van der Waals surface area contributed by atoms with Crippen molar-refractivity contribution in [1.82, 2.24) is 9.38 Å². The number of hydrogen-bond donors (Lipinski definition) is 1. The molecule has 0 spiro atoms. The van der Waals surface area contributed by atoms with Crippen molar-refractivity contribution in [2.24, 2.45) is 4.99 Å². The fourth-order valence-electron chi connectivity index (χ4n) is 1.68. The molecule has 0 atom stereocenters. The summed E-state index contributed by atoms with van der Waals surface area (Å²) >= 11 is 0. The minimum absolute atomic E-state index is 0.200. The van der Waals surface area contributed by atoms with Gasteiger partial charge in [0.1, 0.15) is 17.0 Å². The summed E-state index contributed by atoms with van der Waals surface area (Å²) in [5.74, 6) is 5.22. The van der Waals surface area contributed by atoms with Crippen molar-refractivity contribution in [1.29, 1.82) is 0 Å². The third-order valence-electron chi connectivity index (χ3n) is 2.53. The lowest BCUT2D eigenvalue weighted by Crippen LogP contribution is -2.22. The van der Waals surface area contributed by atoms with Crippen LogP contribution in [0.25, 0.3) is 5.65 Å². The van der Waals surface area contributed by atoms with Crippen LogP contribution in [0.3, 0.4) is 0 Å². The second-order valence-electron chi connectivity index (χ2n) is 3.84. The fraction of sp³-hybridized carbons (Fsp3) is 0.133. The van der Waals surface area contributed by atoms with Gasteiger partial charge in [0.05, 0.1) is 13.1 Å². The van der Waals surface area contributed by atoms with Crippen molar-refractivity contribution in [3.8, 4) is 24.7 Å². The van der Waals surface area contributed by atoms with Crippen LogP contribution in [-0.4, -0.2) is 28.7 Å². The topological polar surface area (TPSA) is 58.8 Å². The zero-order valence-electron chi connectivity index (χ0n) is 10.7. The molecule has 2 aromatic heterocycles. The minimum atomic E-state index is -0.226. The van der Waals surface area contributed by atoms with Gasteiger partial charge in [0.15, 0.2) is 0 Å². The van der Waals surface area contributed by atoms with Crippen molar-refractivity contribution in [3.05, 3.63) is 40.3 Å². The van der Waals surface area contributed by atoms with Crippen molar-refractivity contribution >= 4 is 17.7 Å².